The van der Waals surface area contributed by atoms with Crippen molar-refractivity contribution in [3.05, 3.63) is 16.4 Å². The molecule has 1 aromatic heterocycles. The predicted octanol–water partition coefficient (Wildman–Crippen LogP) is 2.27. The molecule has 1 N–H and O–H groups in total. The summed E-state index contributed by atoms with van der Waals surface area (Å²) in [6.07, 6.45) is 2.55. The molecule has 1 rings (SSSR count). The van der Waals surface area contributed by atoms with Gasteiger partial charge in [0.05, 0.1) is 16.4 Å². The molecule has 1 heterocycles. The second-order valence-electron chi connectivity index (χ2n) is 4.44. The van der Waals surface area contributed by atoms with Crippen molar-refractivity contribution in [2.45, 2.75) is 45.1 Å². The molecular weight excluding hydrogens is 300 g/mol. The van der Waals surface area contributed by atoms with E-state index in [0.717, 1.165) is 23.1 Å². The summed E-state index contributed by atoms with van der Waals surface area (Å²) < 4.78 is 12.9. The molecule has 0 radical (unpaired) electrons. The van der Waals surface area contributed by atoms with Gasteiger partial charge < -0.3 is 14.6 Å². The maximum Gasteiger partial charge on any atom is 0.159 e. The first kappa shape index (κ1) is 15.6. The lowest BCUT2D eigenvalue weighted by atomic mass is 9.97. The number of aromatic nitrogens is 2. The Morgan fingerprint density at radius 3 is 2.61 bits per heavy atom. The summed E-state index contributed by atoms with van der Waals surface area (Å²) in [6, 6.07) is 0. The minimum Gasteiger partial charge on any atom is -0.384 e. The van der Waals surface area contributed by atoms with Crippen LogP contribution in [0.4, 0.5) is 0 Å². The van der Waals surface area contributed by atoms with E-state index in [9.17, 15) is 5.11 Å². The molecule has 1 unspecified atom stereocenters. The zero-order valence-electron chi connectivity index (χ0n) is 11.3. The summed E-state index contributed by atoms with van der Waals surface area (Å²) in [5.41, 5.74) is -0.315. The molecule has 0 aliphatic carbocycles. The summed E-state index contributed by atoms with van der Waals surface area (Å²) in [4.78, 5) is 0. The Morgan fingerprint density at radius 1 is 1.50 bits per heavy atom. The highest BCUT2D eigenvalue weighted by Gasteiger charge is 2.33. The van der Waals surface area contributed by atoms with Crippen LogP contribution in [0.1, 0.15) is 32.4 Å². The Labute approximate surface area is 116 Å². The lowest BCUT2D eigenvalue weighted by Gasteiger charge is -2.28. The van der Waals surface area contributed by atoms with E-state index in [-0.39, 0.29) is 0 Å². The van der Waals surface area contributed by atoms with E-state index in [1.54, 1.807) is 27.3 Å². The largest absolute Gasteiger partial charge is 0.384 e. The number of hydrogen-bond acceptors (Lipinski definition) is 4. The van der Waals surface area contributed by atoms with Crippen LogP contribution in [0, 0.1) is 0 Å². The molecule has 0 saturated heterocycles. The molecule has 0 spiro atoms. The minimum absolute atomic E-state index is 0.341. The molecule has 1 atom stereocenters. The first-order valence-corrected chi connectivity index (χ1v) is 6.75. The van der Waals surface area contributed by atoms with E-state index < -0.39 is 11.9 Å². The molecule has 0 amide bonds. The molecule has 104 valence electrons. The smallest absolute Gasteiger partial charge is 0.159 e. The van der Waals surface area contributed by atoms with Gasteiger partial charge in [0.1, 0.15) is 5.60 Å². The topological polar surface area (TPSA) is 56.5 Å². The zero-order valence-corrected chi connectivity index (χ0v) is 12.9. The van der Waals surface area contributed by atoms with Crippen LogP contribution in [-0.4, -0.2) is 35.4 Å². The number of nitrogens with zero attached hydrogens (tertiary/aromatic N) is 2. The zero-order chi connectivity index (χ0) is 13.8. The standard InChI is InChI=1S/C12H21BrN2O3/c1-5-6-15-11(9(13)8-14-15)12(2,16)7-10(17-3)18-4/h8,10,16H,5-7H2,1-4H3. The van der Waals surface area contributed by atoms with Gasteiger partial charge in [0.2, 0.25) is 0 Å². The maximum absolute atomic E-state index is 10.6. The summed E-state index contributed by atoms with van der Waals surface area (Å²) in [5, 5.41) is 14.9. The van der Waals surface area contributed by atoms with Crippen LogP contribution in [0.5, 0.6) is 0 Å². The summed E-state index contributed by atoms with van der Waals surface area (Å²) >= 11 is 3.43. The minimum atomic E-state index is -1.07. The highest BCUT2D eigenvalue weighted by Crippen LogP contribution is 2.32. The monoisotopic (exact) mass is 320 g/mol. The molecule has 0 saturated carbocycles. The molecule has 0 aliphatic heterocycles. The number of ether oxygens (including phenoxy) is 2. The molecule has 0 aliphatic rings. The average molecular weight is 321 g/mol. The number of rotatable bonds is 7. The van der Waals surface area contributed by atoms with Crippen molar-refractivity contribution in [1.29, 1.82) is 0 Å². The van der Waals surface area contributed by atoms with E-state index >= 15 is 0 Å². The molecule has 0 aromatic carbocycles. The van der Waals surface area contributed by atoms with Crippen LogP contribution in [0.25, 0.3) is 0 Å². The average Bonchev–Trinajstić information content (AvgIpc) is 2.68. The molecule has 18 heavy (non-hydrogen) atoms. The normalized spacial score (nSPS) is 15.1. The van der Waals surface area contributed by atoms with Gasteiger partial charge in [-0.05, 0) is 29.3 Å². The Kier molecular flexibility index (Phi) is 5.78. The van der Waals surface area contributed by atoms with Gasteiger partial charge in [-0.25, -0.2) is 0 Å². The van der Waals surface area contributed by atoms with Crippen molar-refractivity contribution in [1.82, 2.24) is 9.78 Å². The summed E-state index contributed by atoms with van der Waals surface area (Å²) in [7, 11) is 3.12. The second kappa shape index (κ2) is 6.65. The molecule has 0 fully saturated rings. The quantitative estimate of drug-likeness (QED) is 0.783. The third-order valence-electron chi connectivity index (χ3n) is 2.83. The Bertz CT molecular complexity index is 375. The fourth-order valence-corrected chi connectivity index (χ4v) is 2.69. The van der Waals surface area contributed by atoms with Crippen molar-refractivity contribution < 1.29 is 14.6 Å². The number of halogens is 1. The highest BCUT2D eigenvalue weighted by atomic mass is 79.9. The van der Waals surface area contributed by atoms with Gasteiger partial charge in [0.25, 0.3) is 0 Å². The van der Waals surface area contributed by atoms with E-state index in [0.29, 0.717) is 6.42 Å². The fraction of sp³-hybridized carbons (Fsp3) is 0.750. The van der Waals surface area contributed by atoms with Crippen LogP contribution < -0.4 is 0 Å². The molecular formula is C12H21BrN2O3. The molecule has 0 bridgehead atoms. The van der Waals surface area contributed by atoms with Crippen molar-refractivity contribution in [3.8, 4) is 0 Å². The van der Waals surface area contributed by atoms with Gasteiger partial charge in [-0.15, -0.1) is 0 Å². The lowest BCUT2D eigenvalue weighted by Crippen LogP contribution is -2.32. The Balaban J connectivity index is 2.99. The van der Waals surface area contributed by atoms with E-state index in [2.05, 4.69) is 28.0 Å². The number of aryl methyl sites for hydroxylation is 1. The highest BCUT2D eigenvalue weighted by molar-refractivity contribution is 9.10. The van der Waals surface area contributed by atoms with Crippen LogP contribution in [0.3, 0.4) is 0 Å². The van der Waals surface area contributed by atoms with Gasteiger partial charge in [-0.3, -0.25) is 4.68 Å². The number of hydrogen-bond donors (Lipinski definition) is 1. The summed E-state index contributed by atoms with van der Waals surface area (Å²) in [5.74, 6) is 0. The third-order valence-corrected chi connectivity index (χ3v) is 3.41. The lowest BCUT2D eigenvalue weighted by molar-refractivity contribution is -0.143. The van der Waals surface area contributed by atoms with Gasteiger partial charge in [0, 0.05) is 27.2 Å². The Morgan fingerprint density at radius 2 is 2.11 bits per heavy atom. The first-order valence-electron chi connectivity index (χ1n) is 5.96. The first-order chi connectivity index (χ1) is 8.46. The summed E-state index contributed by atoms with van der Waals surface area (Å²) in [6.45, 7) is 4.58. The fourth-order valence-electron chi connectivity index (χ4n) is 1.96. The molecule has 6 heteroatoms. The van der Waals surface area contributed by atoms with Crippen molar-refractivity contribution in [2.75, 3.05) is 14.2 Å². The SMILES string of the molecule is CCCn1ncc(Br)c1C(C)(O)CC(OC)OC. The van der Waals surface area contributed by atoms with Crippen LogP contribution in [-0.2, 0) is 21.6 Å². The van der Waals surface area contributed by atoms with E-state index in [4.69, 9.17) is 9.47 Å². The second-order valence-corrected chi connectivity index (χ2v) is 5.30. The third kappa shape index (κ3) is 3.54. The van der Waals surface area contributed by atoms with Gasteiger partial charge in [0.15, 0.2) is 6.29 Å². The van der Waals surface area contributed by atoms with Crippen LogP contribution >= 0.6 is 15.9 Å². The maximum atomic E-state index is 10.6. The van der Waals surface area contributed by atoms with Crippen molar-refractivity contribution in [2.24, 2.45) is 0 Å². The number of aliphatic hydroxyl groups is 1. The van der Waals surface area contributed by atoms with Gasteiger partial charge in [-0.2, -0.15) is 5.10 Å². The van der Waals surface area contributed by atoms with E-state index in [1.807, 2.05) is 4.68 Å². The van der Waals surface area contributed by atoms with Gasteiger partial charge >= 0.3 is 0 Å². The van der Waals surface area contributed by atoms with Crippen molar-refractivity contribution in [3.63, 3.8) is 0 Å². The van der Waals surface area contributed by atoms with E-state index in [1.165, 1.54) is 0 Å². The van der Waals surface area contributed by atoms with Crippen LogP contribution in [0.2, 0.25) is 0 Å². The van der Waals surface area contributed by atoms with Gasteiger partial charge in [-0.1, -0.05) is 6.92 Å². The predicted molar refractivity (Wildman–Crippen MR) is 72.2 cm³/mol. The molecule has 1 aromatic rings. The van der Waals surface area contributed by atoms with Crippen molar-refractivity contribution >= 4 is 15.9 Å². The number of methoxy groups -OCH3 is 2. The Hall–Kier alpha value is -0.430. The van der Waals surface area contributed by atoms with Crippen LogP contribution in [0.15, 0.2) is 10.7 Å². The molecule has 5 nitrogen and oxygen atoms in total.